The molecule has 0 atom stereocenters. The normalized spacial score (nSPS) is 11.6. The monoisotopic (exact) mass is 885 g/mol. The van der Waals surface area contributed by atoms with Crippen LogP contribution in [-0.4, -0.2) is 23.2 Å². The van der Waals surface area contributed by atoms with Crippen LogP contribution in [0.4, 0.5) is 0 Å². The molecule has 0 aliphatic rings. The Morgan fingerprint density at radius 2 is 1.48 bits per heavy atom. The summed E-state index contributed by atoms with van der Waals surface area (Å²) in [5.41, 5.74) is 9.54. The number of pyridine rings is 2. The molecule has 1 radical (unpaired) electrons. The number of benzene rings is 4. The summed E-state index contributed by atoms with van der Waals surface area (Å²) >= 11 is 0.120. The molecule has 0 amide bonds. The smallest absolute Gasteiger partial charge is 0 e. The number of aryl methyl sites for hydroxylation is 1. The van der Waals surface area contributed by atoms with E-state index in [2.05, 4.69) is 141 Å². The molecule has 0 saturated heterocycles. The fourth-order valence-electron chi connectivity index (χ4n) is 5.80. The summed E-state index contributed by atoms with van der Waals surface area (Å²) in [6.45, 7) is 9.01. The van der Waals surface area contributed by atoms with Gasteiger partial charge in [0.25, 0.3) is 0 Å². The minimum absolute atomic E-state index is 0. The quantitative estimate of drug-likeness (QED) is 0.127. The second-order valence-electron chi connectivity index (χ2n) is 14.5. The van der Waals surface area contributed by atoms with Crippen molar-refractivity contribution in [2.75, 3.05) is 0 Å². The number of aromatic nitrogens is 2. The zero-order valence-corrected chi connectivity index (χ0v) is 34.1. The van der Waals surface area contributed by atoms with Crippen LogP contribution in [0.5, 0.6) is 0 Å². The van der Waals surface area contributed by atoms with E-state index in [1.165, 1.54) is 46.8 Å². The van der Waals surface area contributed by atoms with Crippen molar-refractivity contribution in [1.82, 2.24) is 9.97 Å². The molecular formula is C43H42GeIrN2S-2. The van der Waals surface area contributed by atoms with Crippen molar-refractivity contribution < 1.29 is 20.1 Å². The first kappa shape index (κ1) is 35.9. The van der Waals surface area contributed by atoms with Crippen molar-refractivity contribution in [3.8, 4) is 33.6 Å². The van der Waals surface area contributed by atoms with Crippen LogP contribution in [0.1, 0.15) is 31.9 Å². The van der Waals surface area contributed by atoms with Gasteiger partial charge in [0.2, 0.25) is 0 Å². The zero-order valence-electron chi connectivity index (χ0n) is 28.8. The van der Waals surface area contributed by atoms with Gasteiger partial charge in [-0.2, -0.15) is 11.3 Å². The molecule has 5 heteroatoms. The van der Waals surface area contributed by atoms with E-state index in [-0.39, 0.29) is 25.5 Å². The van der Waals surface area contributed by atoms with Crippen LogP contribution in [0.25, 0.3) is 53.8 Å². The fourth-order valence-corrected chi connectivity index (χ4v) is 9.07. The van der Waals surface area contributed by atoms with E-state index in [1.807, 2.05) is 48.0 Å². The first-order chi connectivity index (χ1) is 22.5. The van der Waals surface area contributed by atoms with Gasteiger partial charge in [0.1, 0.15) is 0 Å². The summed E-state index contributed by atoms with van der Waals surface area (Å²) in [7, 11) is 0. The van der Waals surface area contributed by atoms with Crippen molar-refractivity contribution in [1.29, 1.82) is 0 Å². The van der Waals surface area contributed by atoms with Gasteiger partial charge in [-0.3, -0.25) is 0 Å². The number of rotatable bonds is 5. The third kappa shape index (κ3) is 8.41. The van der Waals surface area contributed by atoms with Gasteiger partial charge in [-0.15, -0.1) is 23.8 Å². The minimum atomic E-state index is -1.72. The predicted molar refractivity (Wildman–Crippen MR) is 206 cm³/mol. The van der Waals surface area contributed by atoms with Gasteiger partial charge in [0.05, 0.1) is 0 Å². The standard InChI is InChI=1S/C29H26NS.C14H16GeN.Ir/c1-19-18-30-25(16-22(19)17-29(2,3)4)21-13-14-26-24(15-21)28-23(11-8-12-27(28)31-26)20-9-6-5-7-10-20;1-15(2,3)13-9-10-14(16-11-13)12-7-5-4-6-8-12;/h5-12,14-16,18H,17H2,1-4H3;4-7,9-11H,1-3H3;/q2*-1;. The molecule has 0 saturated carbocycles. The van der Waals surface area contributed by atoms with Crippen molar-refractivity contribution in [2.24, 2.45) is 5.41 Å². The Bertz CT molecular complexity index is 2130. The number of fused-ring (bicyclic) bond motifs is 3. The van der Waals surface area contributed by atoms with Crippen LogP contribution in [0, 0.1) is 24.5 Å². The van der Waals surface area contributed by atoms with Gasteiger partial charge in [0, 0.05) is 31.0 Å². The molecule has 0 N–H and O–H groups in total. The van der Waals surface area contributed by atoms with Crippen molar-refractivity contribution in [3.63, 3.8) is 0 Å². The molecule has 0 unspecified atom stereocenters. The Labute approximate surface area is 306 Å². The Morgan fingerprint density at radius 3 is 2.15 bits per heavy atom. The van der Waals surface area contributed by atoms with Gasteiger partial charge in [-0.05, 0) is 57.3 Å². The molecule has 0 spiro atoms. The summed E-state index contributed by atoms with van der Waals surface area (Å²) in [4.78, 5) is 9.29. The summed E-state index contributed by atoms with van der Waals surface area (Å²) in [5.74, 6) is 7.14. The first-order valence-corrected chi connectivity index (χ1v) is 24.4. The largest absolute Gasteiger partial charge is 0 e. The van der Waals surface area contributed by atoms with Gasteiger partial charge >= 0.3 is 99.8 Å². The maximum absolute atomic E-state index is 4.76. The molecule has 4 aromatic carbocycles. The molecule has 0 aliphatic heterocycles. The van der Waals surface area contributed by atoms with E-state index >= 15 is 0 Å². The Kier molecular flexibility index (Phi) is 11.2. The Balaban J connectivity index is 0.000000224. The van der Waals surface area contributed by atoms with Crippen LogP contribution in [0.2, 0.25) is 17.3 Å². The first-order valence-electron chi connectivity index (χ1n) is 16.3. The molecule has 7 aromatic rings. The molecule has 245 valence electrons. The van der Waals surface area contributed by atoms with Crippen molar-refractivity contribution >= 4 is 49.2 Å². The van der Waals surface area contributed by atoms with Crippen LogP contribution >= 0.6 is 11.3 Å². The predicted octanol–water partition coefficient (Wildman–Crippen LogP) is 11.6. The maximum Gasteiger partial charge on any atom is 0 e. The SMILES string of the molecule is Cc1cnc(-c2[c-]cc3sc4cccc(-c5ccccc5)c4c3c2)cc1CC(C)(C)C.[CH3][Ge]([CH3])([CH3])[c]1ccc(-c2[c-]cccc2)nc1.[Ir]. The van der Waals surface area contributed by atoms with Crippen molar-refractivity contribution in [2.45, 2.75) is 51.4 Å². The minimum Gasteiger partial charge on any atom is 0 e. The van der Waals surface area contributed by atoms with Crippen molar-refractivity contribution in [3.05, 3.63) is 139 Å². The molecular weight excluding hydrogens is 841 g/mol. The molecule has 48 heavy (non-hydrogen) atoms. The summed E-state index contributed by atoms with van der Waals surface area (Å²) < 4.78 is 4.02. The molecule has 0 fully saturated rings. The molecule has 3 aromatic heterocycles. The van der Waals surface area contributed by atoms with E-state index in [9.17, 15) is 0 Å². The molecule has 7 rings (SSSR count). The van der Waals surface area contributed by atoms with E-state index in [0.29, 0.717) is 0 Å². The van der Waals surface area contributed by atoms with E-state index in [0.717, 1.165) is 28.9 Å². The van der Waals surface area contributed by atoms with Crippen LogP contribution < -0.4 is 4.40 Å². The average Bonchev–Trinajstić information content (AvgIpc) is 3.44. The zero-order chi connectivity index (χ0) is 33.2. The van der Waals surface area contributed by atoms with Crippen LogP contribution in [0.3, 0.4) is 0 Å². The number of hydrogen-bond acceptors (Lipinski definition) is 3. The molecule has 0 bridgehead atoms. The average molecular weight is 884 g/mol. The molecule has 0 aliphatic carbocycles. The molecule has 3 heterocycles. The van der Waals surface area contributed by atoms with Gasteiger partial charge in [-0.1, -0.05) is 80.3 Å². The van der Waals surface area contributed by atoms with E-state index < -0.39 is 13.3 Å². The second-order valence-corrected chi connectivity index (χ2v) is 26.2. The number of hydrogen-bond donors (Lipinski definition) is 0. The van der Waals surface area contributed by atoms with Gasteiger partial charge < -0.3 is 4.98 Å². The summed E-state index contributed by atoms with van der Waals surface area (Å²) in [6.07, 6.45) is 5.09. The fraction of sp³-hybridized carbons (Fsp3) is 0.209. The summed E-state index contributed by atoms with van der Waals surface area (Å²) in [6, 6.07) is 42.9. The Hall–Kier alpha value is -3.41. The van der Waals surface area contributed by atoms with E-state index in [1.54, 1.807) is 0 Å². The third-order valence-electron chi connectivity index (χ3n) is 8.34. The summed E-state index contributed by atoms with van der Waals surface area (Å²) in [5, 5.41) is 2.61. The van der Waals surface area contributed by atoms with E-state index in [4.69, 9.17) is 4.98 Å². The maximum atomic E-state index is 4.76. The molecule has 2 nitrogen and oxygen atoms in total. The number of thiophene rings is 1. The van der Waals surface area contributed by atoms with Crippen LogP contribution in [0.15, 0.2) is 116 Å². The Morgan fingerprint density at radius 1 is 0.729 bits per heavy atom. The second kappa shape index (κ2) is 15.0. The number of nitrogens with zero attached hydrogens (tertiary/aromatic N) is 2. The third-order valence-corrected chi connectivity index (χ3v) is 13.7. The van der Waals surface area contributed by atoms with Crippen LogP contribution in [-0.2, 0) is 26.5 Å². The topological polar surface area (TPSA) is 25.8 Å². The van der Waals surface area contributed by atoms with Gasteiger partial charge in [0.15, 0.2) is 0 Å². The van der Waals surface area contributed by atoms with Gasteiger partial charge in [-0.25, -0.2) is 0 Å².